The lowest BCUT2D eigenvalue weighted by Crippen LogP contribution is -2.38. The minimum atomic E-state index is 0.0623. The smallest absolute Gasteiger partial charge is 0.256 e. The summed E-state index contributed by atoms with van der Waals surface area (Å²) in [6, 6.07) is 5.90. The molecule has 0 atom stereocenters. The third kappa shape index (κ3) is 2.15. The molecule has 0 radical (unpaired) electrons. The molecular weight excluding hydrogens is 252 g/mol. The van der Waals surface area contributed by atoms with Crippen LogP contribution < -0.4 is 5.32 Å². The predicted molar refractivity (Wildman–Crippen MR) is 77.7 cm³/mol. The molecule has 0 fully saturated rings. The number of amides is 1. The fourth-order valence-electron chi connectivity index (χ4n) is 2.57. The van der Waals surface area contributed by atoms with Gasteiger partial charge in [-0.3, -0.25) is 4.79 Å². The molecule has 0 bridgehead atoms. The summed E-state index contributed by atoms with van der Waals surface area (Å²) >= 11 is 0. The zero-order valence-corrected chi connectivity index (χ0v) is 11.8. The summed E-state index contributed by atoms with van der Waals surface area (Å²) in [5.74, 6) is 1.01. The van der Waals surface area contributed by atoms with Crippen LogP contribution in [-0.4, -0.2) is 34.0 Å². The lowest BCUT2D eigenvalue weighted by Gasteiger charge is -2.28. The van der Waals surface area contributed by atoms with Crippen molar-refractivity contribution in [2.24, 2.45) is 0 Å². The van der Waals surface area contributed by atoms with Crippen molar-refractivity contribution in [2.45, 2.75) is 20.0 Å². The van der Waals surface area contributed by atoms with E-state index in [9.17, 15) is 4.79 Å². The number of benzene rings is 1. The number of nitrogens with one attached hydrogen (secondary N) is 1. The molecule has 1 aliphatic heterocycles. The van der Waals surface area contributed by atoms with Gasteiger partial charge in [0.15, 0.2) is 0 Å². The predicted octanol–water partition coefficient (Wildman–Crippen LogP) is 1.89. The van der Waals surface area contributed by atoms with Crippen molar-refractivity contribution in [3.05, 3.63) is 47.5 Å². The second kappa shape index (κ2) is 5.00. The topological polar surface area (TPSA) is 50.2 Å². The van der Waals surface area contributed by atoms with E-state index in [-0.39, 0.29) is 5.91 Å². The molecule has 5 heteroatoms. The van der Waals surface area contributed by atoms with Gasteiger partial charge in [-0.1, -0.05) is 11.6 Å². The van der Waals surface area contributed by atoms with Crippen LogP contribution in [0.15, 0.2) is 30.6 Å². The molecule has 0 spiro atoms. The molecule has 2 aromatic rings. The van der Waals surface area contributed by atoms with Gasteiger partial charge < -0.3 is 14.8 Å². The zero-order valence-electron chi connectivity index (χ0n) is 11.8. The Balaban J connectivity index is 1.88. The summed E-state index contributed by atoms with van der Waals surface area (Å²) in [6.07, 6.45) is 3.75. The Morgan fingerprint density at radius 3 is 3.00 bits per heavy atom. The van der Waals surface area contributed by atoms with Crippen LogP contribution in [0.4, 0.5) is 5.69 Å². The van der Waals surface area contributed by atoms with Gasteiger partial charge in [-0.05, 0) is 19.1 Å². The lowest BCUT2D eigenvalue weighted by atomic mass is 10.1. The van der Waals surface area contributed by atoms with Crippen LogP contribution in [0, 0.1) is 6.92 Å². The van der Waals surface area contributed by atoms with Gasteiger partial charge >= 0.3 is 0 Å². The molecule has 1 aromatic carbocycles. The summed E-state index contributed by atoms with van der Waals surface area (Å²) < 4.78 is 2.10. The van der Waals surface area contributed by atoms with Crippen LogP contribution in [0.5, 0.6) is 0 Å². The summed E-state index contributed by atoms with van der Waals surface area (Å²) in [5, 5.41) is 3.09. The Morgan fingerprint density at radius 1 is 1.35 bits per heavy atom. The van der Waals surface area contributed by atoms with Gasteiger partial charge in [0.2, 0.25) is 0 Å². The fourth-order valence-corrected chi connectivity index (χ4v) is 2.57. The number of hydrogen-bond acceptors (Lipinski definition) is 3. The van der Waals surface area contributed by atoms with Crippen molar-refractivity contribution in [2.75, 3.05) is 18.9 Å². The van der Waals surface area contributed by atoms with Crippen molar-refractivity contribution in [3.8, 4) is 0 Å². The Morgan fingerprint density at radius 2 is 2.20 bits per heavy atom. The van der Waals surface area contributed by atoms with Crippen molar-refractivity contribution in [3.63, 3.8) is 0 Å². The first-order valence-electron chi connectivity index (χ1n) is 6.76. The first-order chi connectivity index (χ1) is 9.69. The minimum absolute atomic E-state index is 0.0623. The van der Waals surface area contributed by atoms with E-state index < -0.39 is 0 Å². The third-order valence-corrected chi connectivity index (χ3v) is 3.71. The maximum Gasteiger partial charge on any atom is 0.256 e. The first-order valence-corrected chi connectivity index (χ1v) is 6.76. The quantitative estimate of drug-likeness (QED) is 0.906. The van der Waals surface area contributed by atoms with E-state index >= 15 is 0 Å². The Labute approximate surface area is 118 Å². The molecule has 1 aliphatic rings. The highest BCUT2D eigenvalue weighted by Gasteiger charge is 2.23. The van der Waals surface area contributed by atoms with Crippen LogP contribution in [0.1, 0.15) is 21.7 Å². The van der Waals surface area contributed by atoms with E-state index in [1.807, 2.05) is 43.3 Å². The van der Waals surface area contributed by atoms with E-state index in [0.717, 1.165) is 35.7 Å². The molecule has 5 nitrogen and oxygen atoms in total. The van der Waals surface area contributed by atoms with E-state index in [1.165, 1.54) is 0 Å². The average molecular weight is 270 g/mol. The highest BCUT2D eigenvalue weighted by molar-refractivity contribution is 5.99. The number of anilines is 1. The number of aromatic nitrogens is 2. The Kier molecular flexibility index (Phi) is 3.18. The molecular formula is C15H18N4O. The third-order valence-electron chi connectivity index (χ3n) is 3.71. The van der Waals surface area contributed by atoms with Gasteiger partial charge in [-0.15, -0.1) is 0 Å². The molecule has 20 heavy (non-hydrogen) atoms. The van der Waals surface area contributed by atoms with E-state index in [2.05, 4.69) is 14.9 Å². The Bertz CT molecular complexity index is 647. The largest absolute Gasteiger partial charge is 0.387 e. The SMILES string of the molecule is CNc1ccc(C)cc1C(=O)N1CCn2ccnc2C1. The molecule has 1 aromatic heterocycles. The number of imidazole rings is 1. The summed E-state index contributed by atoms with van der Waals surface area (Å²) in [5.41, 5.74) is 2.69. The molecule has 0 saturated carbocycles. The monoisotopic (exact) mass is 270 g/mol. The zero-order chi connectivity index (χ0) is 14.1. The van der Waals surface area contributed by atoms with Gasteiger partial charge in [-0.2, -0.15) is 0 Å². The maximum atomic E-state index is 12.7. The maximum absolute atomic E-state index is 12.7. The van der Waals surface area contributed by atoms with Crippen molar-refractivity contribution >= 4 is 11.6 Å². The van der Waals surface area contributed by atoms with E-state index in [0.29, 0.717) is 6.54 Å². The molecule has 1 N–H and O–H groups in total. The number of nitrogens with zero attached hydrogens (tertiary/aromatic N) is 3. The fraction of sp³-hybridized carbons (Fsp3) is 0.333. The highest BCUT2D eigenvalue weighted by atomic mass is 16.2. The van der Waals surface area contributed by atoms with Crippen molar-refractivity contribution in [1.82, 2.24) is 14.5 Å². The standard InChI is InChI=1S/C15H18N4O/c1-11-3-4-13(16-2)12(9-11)15(20)19-8-7-18-6-5-17-14(18)10-19/h3-6,9,16H,7-8,10H2,1-2H3. The van der Waals surface area contributed by atoms with Gasteiger partial charge in [0.05, 0.1) is 12.1 Å². The van der Waals surface area contributed by atoms with Crippen LogP contribution in [-0.2, 0) is 13.1 Å². The normalized spacial score (nSPS) is 14.0. The van der Waals surface area contributed by atoms with Gasteiger partial charge in [0, 0.05) is 38.2 Å². The number of carbonyl (C=O) groups excluding carboxylic acids is 1. The second-order valence-electron chi connectivity index (χ2n) is 5.06. The number of fused-ring (bicyclic) bond motifs is 1. The number of rotatable bonds is 2. The van der Waals surface area contributed by atoms with Crippen LogP contribution in [0.2, 0.25) is 0 Å². The van der Waals surface area contributed by atoms with Crippen molar-refractivity contribution < 1.29 is 4.79 Å². The number of hydrogen-bond donors (Lipinski definition) is 1. The first kappa shape index (κ1) is 12.7. The van der Waals surface area contributed by atoms with E-state index in [4.69, 9.17) is 0 Å². The lowest BCUT2D eigenvalue weighted by molar-refractivity contribution is 0.0708. The van der Waals surface area contributed by atoms with Crippen LogP contribution >= 0.6 is 0 Å². The summed E-state index contributed by atoms with van der Waals surface area (Å²) in [7, 11) is 1.84. The Hall–Kier alpha value is -2.30. The van der Waals surface area contributed by atoms with Gasteiger partial charge in [0.1, 0.15) is 5.82 Å². The molecule has 0 saturated heterocycles. The summed E-state index contributed by atoms with van der Waals surface area (Å²) in [6.45, 7) is 4.10. The van der Waals surface area contributed by atoms with Crippen LogP contribution in [0.25, 0.3) is 0 Å². The highest BCUT2D eigenvalue weighted by Crippen LogP contribution is 2.21. The van der Waals surface area contributed by atoms with Crippen molar-refractivity contribution in [1.29, 1.82) is 0 Å². The van der Waals surface area contributed by atoms with E-state index in [1.54, 1.807) is 6.20 Å². The molecule has 3 rings (SSSR count). The minimum Gasteiger partial charge on any atom is -0.387 e. The van der Waals surface area contributed by atoms with Gasteiger partial charge in [-0.25, -0.2) is 4.98 Å². The average Bonchev–Trinajstić information content (AvgIpc) is 2.93. The number of carbonyl (C=O) groups is 1. The summed E-state index contributed by atoms with van der Waals surface area (Å²) in [4.78, 5) is 18.9. The molecule has 104 valence electrons. The molecule has 1 amide bonds. The number of aryl methyl sites for hydroxylation is 1. The second-order valence-corrected chi connectivity index (χ2v) is 5.06. The molecule has 0 unspecified atom stereocenters. The van der Waals surface area contributed by atoms with Crippen LogP contribution in [0.3, 0.4) is 0 Å². The molecule has 0 aliphatic carbocycles. The van der Waals surface area contributed by atoms with Gasteiger partial charge in [0.25, 0.3) is 5.91 Å². The molecule has 2 heterocycles.